The fourth-order valence-electron chi connectivity index (χ4n) is 3.12. The van der Waals surface area contributed by atoms with Gasteiger partial charge in [0.15, 0.2) is 0 Å². The standard InChI is InChI=1S/C24H24O3/c25-24(26)21-14-16-22(17-15-21)27-18-8-2-5-11-20-12-6-7-13-23(20)19-9-3-1-4-10-19/h1,3-4,6-7,9-10,12-17H,2,5,8,11,18H2,(H,25,26). The fourth-order valence-corrected chi connectivity index (χ4v) is 3.12. The van der Waals surface area contributed by atoms with E-state index in [9.17, 15) is 4.79 Å². The molecule has 0 saturated heterocycles. The summed E-state index contributed by atoms with van der Waals surface area (Å²) in [6, 6.07) is 25.7. The van der Waals surface area contributed by atoms with Crippen LogP contribution in [0.4, 0.5) is 0 Å². The molecule has 3 aromatic carbocycles. The molecule has 0 bridgehead atoms. The number of hydrogen-bond acceptors (Lipinski definition) is 2. The van der Waals surface area contributed by atoms with Gasteiger partial charge in [-0.15, -0.1) is 0 Å². The number of rotatable bonds is 9. The van der Waals surface area contributed by atoms with E-state index in [-0.39, 0.29) is 5.56 Å². The minimum absolute atomic E-state index is 0.277. The van der Waals surface area contributed by atoms with Crippen molar-refractivity contribution in [1.29, 1.82) is 0 Å². The summed E-state index contributed by atoms with van der Waals surface area (Å²) in [4.78, 5) is 10.8. The molecule has 0 fully saturated rings. The molecule has 27 heavy (non-hydrogen) atoms. The molecule has 0 radical (unpaired) electrons. The number of hydrogen-bond donors (Lipinski definition) is 1. The number of carbonyl (C=O) groups is 1. The van der Waals surface area contributed by atoms with Gasteiger partial charge in [-0.25, -0.2) is 4.79 Å². The molecule has 0 amide bonds. The summed E-state index contributed by atoms with van der Waals surface area (Å²) in [5.41, 5.74) is 4.24. The third-order valence-corrected chi connectivity index (χ3v) is 4.56. The lowest BCUT2D eigenvalue weighted by Crippen LogP contribution is -1.99. The van der Waals surface area contributed by atoms with E-state index in [1.807, 2.05) is 6.07 Å². The molecule has 0 unspecified atom stereocenters. The maximum absolute atomic E-state index is 10.8. The fraction of sp³-hybridized carbons (Fsp3) is 0.208. The van der Waals surface area contributed by atoms with Crippen molar-refractivity contribution in [2.75, 3.05) is 6.61 Å². The molecule has 0 spiro atoms. The van der Waals surface area contributed by atoms with E-state index < -0.39 is 5.97 Å². The van der Waals surface area contributed by atoms with Gasteiger partial charge in [-0.2, -0.15) is 0 Å². The van der Waals surface area contributed by atoms with Gasteiger partial charge in [-0.3, -0.25) is 0 Å². The van der Waals surface area contributed by atoms with Gasteiger partial charge in [-0.1, -0.05) is 54.6 Å². The molecule has 3 aromatic rings. The Kier molecular flexibility index (Phi) is 6.64. The highest BCUT2D eigenvalue weighted by atomic mass is 16.5. The predicted molar refractivity (Wildman–Crippen MR) is 108 cm³/mol. The van der Waals surface area contributed by atoms with Crippen LogP contribution in [0.2, 0.25) is 0 Å². The summed E-state index contributed by atoms with van der Waals surface area (Å²) in [6.07, 6.45) is 4.24. The van der Waals surface area contributed by atoms with Crippen molar-refractivity contribution in [1.82, 2.24) is 0 Å². The van der Waals surface area contributed by atoms with E-state index in [1.54, 1.807) is 24.3 Å². The van der Waals surface area contributed by atoms with Gasteiger partial charge in [0.1, 0.15) is 5.75 Å². The maximum atomic E-state index is 10.8. The molecule has 3 rings (SSSR count). The van der Waals surface area contributed by atoms with Crippen LogP contribution in [0.5, 0.6) is 5.75 Å². The van der Waals surface area contributed by atoms with Crippen molar-refractivity contribution in [3.05, 3.63) is 90.0 Å². The van der Waals surface area contributed by atoms with E-state index in [0.29, 0.717) is 6.61 Å². The van der Waals surface area contributed by atoms with Crippen molar-refractivity contribution >= 4 is 5.97 Å². The van der Waals surface area contributed by atoms with Gasteiger partial charge >= 0.3 is 5.97 Å². The summed E-state index contributed by atoms with van der Waals surface area (Å²) in [5.74, 6) is -0.202. The third kappa shape index (κ3) is 5.45. The molecular weight excluding hydrogens is 336 g/mol. The number of benzene rings is 3. The molecule has 0 aliphatic rings. The Labute approximate surface area is 160 Å². The first-order chi connectivity index (χ1) is 13.2. The van der Waals surface area contributed by atoms with E-state index in [2.05, 4.69) is 48.5 Å². The first-order valence-corrected chi connectivity index (χ1v) is 9.33. The summed E-state index contributed by atoms with van der Waals surface area (Å²) in [5, 5.41) is 8.89. The number of unbranched alkanes of at least 4 members (excludes halogenated alkanes) is 2. The van der Waals surface area contributed by atoms with Crippen LogP contribution in [0.3, 0.4) is 0 Å². The smallest absolute Gasteiger partial charge is 0.335 e. The Morgan fingerprint density at radius 2 is 1.48 bits per heavy atom. The third-order valence-electron chi connectivity index (χ3n) is 4.56. The van der Waals surface area contributed by atoms with Crippen LogP contribution in [0.1, 0.15) is 35.2 Å². The van der Waals surface area contributed by atoms with Crippen molar-refractivity contribution in [2.24, 2.45) is 0 Å². The molecule has 138 valence electrons. The van der Waals surface area contributed by atoms with Crippen LogP contribution in [0.15, 0.2) is 78.9 Å². The van der Waals surface area contributed by atoms with Crippen LogP contribution in [0.25, 0.3) is 11.1 Å². The monoisotopic (exact) mass is 360 g/mol. The lowest BCUT2D eigenvalue weighted by Gasteiger charge is -2.10. The van der Waals surface area contributed by atoms with E-state index in [4.69, 9.17) is 9.84 Å². The highest BCUT2D eigenvalue weighted by Crippen LogP contribution is 2.24. The Morgan fingerprint density at radius 1 is 0.778 bits per heavy atom. The van der Waals surface area contributed by atoms with Gasteiger partial charge in [-0.05, 0) is 66.6 Å². The Balaban J connectivity index is 1.43. The Morgan fingerprint density at radius 3 is 2.22 bits per heavy atom. The molecule has 0 aliphatic carbocycles. The van der Waals surface area contributed by atoms with Crippen LogP contribution in [-0.4, -0.2) is 17.7 Å². The second-order valence-electron chi connectivity index (χ2n) is 6.51. The van der Waals surface area contributed by atoms with Crippen LogP contribution >= 0.6 is 0 Å². The second kappa shape index (κ2) is 9.58. The number of carboxylic acids is 1. The van der Waals surface area contributed by atoms with E-state index >= 15 is 0 Å². The van der Waals surface area contributed by atoms with E-state index in [1.165, 1.54) is 16.7 Å². The highest BCUT2D eigenvalue weighted by molar-refractivity contribution is 5.87. The summed E-state index contributed by atoms with van der Waals surface area (Å²) < 4.78 is 5.69. The highest BCUT2D eigenvalue weighted by Gasteiger charge is 2.04. The van der Waals surface area contributed by atoms with E-state index in [0.717, 1.165) is 31.4 Å². The SMILES string of the molecule is O=C(O)c1ccc(OCCCCCc2ccccc2-c2ccccc2)cc1. The van der Waals surface area contributed by atoms with Crippen molar-refractivity contribution in [3.8, 4) is 16.9 Å². The summed E-state index contributed by atoms with van der Waals surface area (Å²) in [7, 11) is 0. The minimum Gasteiger partial charge on any atom is -0.494 e. The lowest BCUT2D eigenvalue weighted by atomic mass is 9.96. The second-order valence-corrected chi connectivity index (χ2v) is 6.51. The first kappa shape index (κ1) is 18.7. The molecule has 0 aliphatic heterocycles. The van der Waals surface area contributed by atoms with Gasteiger partial charge < -0.3 is 9.84 Å². The molecular formula is C24H24O3. The lowest BCUT2D eigenvalue weighted by molar-refractivity contribution is 0.0697. The average molecular weight is 360 g/mol. The summed E-state index contributed by atoms with van der Waals surface area (Å²) >= 11 is 0. The summed E-state index contributed by atoms with van der Waals surface area (Å²) in [6.45, 7) is 0.646. The van der Waals surface area contributed by atoms with Crippen molar-refractivity contribution in [3.63, 3.8) is 0 Å². The zero-order valence-electron chi connectivity index (χ0n) is 15.3. The molecule has 0 atom stereocenters. The Hall–Kier alpha value is -3.07. The van der Waals surface area contributed by atoms with Crippen LogP contribution in [0, 0.1) is 0 Å². The topological polar surface area (TPSA) is 46.5 Å². The normalized spacial score (nSPS) is 10.5. The minimum atomic E-state index is -0.919. The Bertz CT molecular complexity index is 854. The molecule has 0 saturated carbocycles. The van der Waals surface area contributed by atoms with Crippen molar-refractivity contribution < 1.29 is 14.6 Å². The molecule has 0 heterocycles. The average Bonchev–Trinajstić information content (AvgIpc) is 2.72. The van der Waals surface area contributed by atoms with Crippen molar-refractivity contribution in [2.45, 2.75) is 25.7 Å². The molecule has 3 heteroatoms. The largest absolute Gasteiger partial charge is 0.494 e. The number of carboxylic acid groups (broad SMARTS) is 1. The zero-order valence-corrected chi connectivity index (χ0v) is 15.3. The van der Waals surface area contributed by atoms with Crippen LogP contribution in [-0.2, 0) is 6.42 Å². The number of ether oxygens (including phenoxy) is 1. The maximum Gasteiger partial charge on any atom is 0.335 e. The molecule has 1 N–H and O–H groups in total. The molecule has 0 aromatic heterocycles. The quantitative estimate of drug-likeness (QED) is 0.487. The number of aromatic carboxylic acids is 1. The van der Waals surface area contributed by atoms with Gasteiger partial charge in [0.05, 0.1) is 12.2 Å². The molecule has 3 nitrogen and oxygen atoms in total. The van der Waals surface area contributed by atoms with Gasteiger partial charge in [0, 0.05) is 0 Å². The van der Waals surface area contributed by atoms with Gasteiger partial charge in [0.25, 0.3) is 0 Å². The first-order valence-electron chi connectivity index (χ1n) is 9.33. The van der Waals surface area contributed by atoms with Gasteiger partial charge in [0.2, 0.25) is 0 Å². The number of aryl methyl sites for hydroxylation is 1. The van der Waals surface area contributed by atoms with Crippen LogP contribution < -0.4 is 4.74 Å². The zero-order chi connectivity index (χ0) is 18.9. The predicted octanol–water partition coefficient (Wildman–Crippen LogP) is 5.84.